The van der Waals surface area contributed by atoms with Gasteiger partial charge in [0.05, 0.1) is 0 Å². The molecule has 7 heteroatoms. The quantitative estimate of drug-likeness (QED) is 0.228. The molecule has 0 aromatic heterocycles. The Hall–Kier alpha value is 0.830. The van der Waals surface area contributed by atoms with Crippen LogP contribution >= 0.6 is 0 Å². The van der Waals surface area contributed by atoms with Gasteiger partial charge in [0.1, 0.15) is 10.1 Å². The number of hydrogen-bond acceptors (Lipinski definition) is 5. The Morgan fingerprint density at radius 3 is 1.56 bits per heavy atom. The van der Waals surface area contributed by atoms with Gasteiger partial charge in [-0.3, -0.25) is 0 Å². The molecule has 0 unspecified atom stereocenters. The van der Waals surface area contributed by atoms with E-state index in [4.69, 9.17) is 0 Å². The molecule has 0 saturated carbocycles. The molecule has 0 spiro atoms. The summed E-state index contributed by atoms with van der Waals surface area (Å²) in [5.74, 6) is 0. The molecule has 0 atom stereocenters. The first-order valence-electron chi connectivity index (χ1n) is 1.78. The second kappa shape index (κ2) is 3.29. The van der Waals surface area contributed by atoms with Crippen molar-refractivity contribution < 1.29 is 42.5 Å². The number of rotatable bonds is 1. The van der Waals surface area contributed by atoms with Gasteiger partial charge >= 0.3 is 29.6 Å². The predicted octanol–water partition coefficient (Wildman–Crippen LogP) is -4.87. The summed E-state index contributed by atoms with van der Waals surface area (Å²) in [6.07, 6.45) is 0. The molecule has 0 saturated heterocycles. The van der Waals surface area contributed by atoms with E-state index in [9.17, 15) is 13.0 Å². The first-order valence-corrected chi connectivity index (χ1v) is 3.19. The third-order valence-electron chi connectivity index (χ3n) is 0.539. The molecule has 50 valence electrons. The largest absolute Gasteiger partial charge is 1.00 e. The first-order chi connectivity index (χ1) is 3.25. The van der Waals surface area contributed by atoms with Crippen molar-refractivity contribution in [3.63, 3.8) is 0 Å². The molecule has 5 nitrogen and oxygen atoms in total. The van der Waals surface area contributed by atoms with Crippen molar-refractivity contribution in [2.45, 2.75) is 11.9 Å². The summed E-state index contributed by atoms with van der Waals surface area (Å²) < 4.78 is 29.5. The fourth-order valence-electron chi connectivity index (χ4n) is 0. The van der Waals surface area contributed by atoms with Crippen molar-refractivity contribution in [3.8, 4) is 0 Å². The fraction of sp³-hybridized carbons (Fsp3) is 1.00. The molecule has 0 fully saturated rings. The van der Waals surface area contributed by atoms with E-state index in [-0.39, 0.29) is 29.6 Å². The summed E-state index contributed by atoms with van der Waals surface area (Å²) >= 11 is 0. The normalized spacial score (nSPS) is 12.4. The van der Waals surface area contributed by atoms with Crippen LogP contribution in [0, 0.1) is 0 Å². The van der Waals surface area contributed by atoms with Gasteiger partial charge in [-0.2, -0.15) is 0 Å². The minimum atomic E-state index is -4.53. The molecule has 0 aliphatic carbocycles. The molecule has 9 heavy (non-hydrogen) atoms. The van der Waals surface area contributed by atoms with Crippen LogP contribution in [0.15, 0.2) is 0 Å². The second-order valence-electron chi connectivity index (χ2n) is 1.64. The number of nitrogens with two attached hydrogens (primary N) is 2. The van der Waals surface area contributed by atoms with Gasteiger partial charge in [-0.25, -0.2) is 8.42 Å². The Labute approximate surface area is 75.8 Å². The third kappa shape index (κ3) is 4.26. The Bertz CT molecular complexity index is 169. The smallest absolute Gasteiger partial charge is 0.745 e. The summed E-state index contributed by atoms with van der Waals surface area (Å²) in [4.78, 5) is -2.15. The summed E-state index contributed by atoms with van der Waals surface area (Å²) in [5, 5.41) is 0. The molecule has 0 aliphatic heterocycles. The van der Waals surface area contributed by atoms with Crippen LogP contribution in [0.25, 0.3) is 0 Å². The van der Waals surface area contributed by atoms with Crippen LogP contribution in [0.4, 0.5) is 0 Å². The van der Waals surface area contributed by atoms with Crippen molar-refractivity contribution in [3.05, 3.63) is 0 Å². The maximum absolute atomic E-state index is 9.85. The van der Waals surface area contributed by atoms with Crippen molar-refractivity contribution in [1.29, 1.82) is 0 Å². The van der Waals surface area contributed by atoms with Crippen LogP contribution < -0.4 is 41.0 Å². The second-order valence-corrected chi connectivity index (χ2v) is 3.43. The predicted molar refractivity (Wildman–Crippen MR) is 26.5 cm³/mol. The van der Waals surface area contributed by atoms with Crippen LogP contribution in [0.5, 0.6) is 0 Å². The molecular formula is C2H7N2NaO3S. The topological polar surface area (TPSA) is 109 Å². The van der Waals surface area contributed by atoms with E-state index in [1.165, 1.54) is 0 Å². The van der Waals surface area contributed by atoms with Crippen molar-refractivity contribution >= 4 is 10.1 Å². The Kier molecular flexibility index (Phi) is 4.57. The molecule has 0 aromatic rings. The van der Waals surface area contributed by atoms with Crippen LogP contribution in [-0.2, 0) is 10.1 Å². The summed E-state index contributed by atoms with van der Waals surface area (Å²) in [6, 6.07) is 0. The molecule has 0 rings (SSSR count). The average Bonchev–Trinajstić information content (AvgIpc) is 1.25. The van der Waals surface area contributed by atoms with Gasteiger partial charge in [0.15, 0.2) is 4.99 Å². The Balaban J connectivity index is 0. The van der Waals surface area contributed by atoms with Gasteiger partial charge in [0.25, 0.3) is 0 Å². The Morgan fingerprint density at radius 1 is 1.44 bits per heavy atom. The van der Waals surface area contributed by atoms with E-state index in [1.807, 2.05) is 0 Å². The zero-order valence-corrected chi connectivity index (χ0v) is 8.10. The minimum Gasteiger partial charge on any atom is -0.745 e. The van der Waals surface area contributed by atoms with E-state index in [0.29, 0.717) is 0 Å². The van der Waals surface area contributed by atoms with Gasteiger partial charge in [-0.1, -0.05) is 0 Å². The first kappa shape index (κ1) is 12.5. The molecule has 0 radical (unpaired) electrons. The third-order valence-corrected chi connectivity index (χ3v) is 1.62. The zero-order chi connectivity index (χ0) is 7.00. The van der Waals surface area contributed by atoms with E-state index in [2.05, 4.69) is 11.5 Å². The van der Waals surface area contributed by atoms with E-state index in [1.54, 1.807) is 0 Å². The van der Waals surface area contributed by atoms with Gasteiger partial charge in [0.2, 0.25) is 0 Å². The Morgan fingerprint density at radius 2 is 1.56 bits per heavy atom. The number of hydrogen-bond donors (Lipinski definition) is 2. The van der Waals surface area contributed by atoms with E-state index in [0.717, 1.165) is 6.92 Å². The van der Waals surface area contributed by atoms with Gasteiger partial charge in [-0.15, -0.1) is 0 Å². The standard InChI is InChI=1S/C2H8N2O3S.Na/c1-2(3,4)8(5,6)7;/h3-4H2,1H3,(H,5,6,7);/q;+1/p-1. The van der Waals surface area contributed by atoms with E-state index < -0.39 is 15.1 Å². The van der Waals surface area contributed by atoms with Gasteiger partial charge < -0.3 is 16.0 Å². The summed E-state index contributed by atoms with van der Waals surface area (Å²) in [5.41, 5.74) is 9.38. The average molecular weight is 162 g/mol. The molecule has 0 aromatic carbocycles. The van der Waals surface area contributed by atoms with Crippen molar-refractivity contribution in [2.75, 3.05) is 0 Å². The maximum atomic E-state index is 9.85. The summed E-state index contributed by atoms with van der Waals surface area (Å²) in [7, 11) is -4.53. The van der Waals surface area contributed by atoms with Crippen molar-refractivity contribution in [1.82, 2.24) is 0 Å². The SMILES string of the molecule is CC(N)(N)S(=O)(=O)[O-].[Na+]. The van der Waals surface area contributed by atoms with Gasteiger partial charge in [0, 0.05) is 0 Å². The van der Waals surface area contributed by atoms with Crippen LogP contribution in [-0.4, -0.2) is 18.0 Å². The van der Waals surface area contributed by atoms with Crippen LogP contribution in [0.2, 0.25) is 0 Å². The fourth-order valence-corrected chi connectivity index (χ4v) is 0. The van der Waals surface area contributed by atoms with Crippen LogP contribution in [0.1, 0.15) is 6.92 Å². The zero-order valence-electron chi connectivity index (χ0n) is 5.29. The van der Waals surface area contributed by atoms with E-state index >= 15 is 0 Å². The molecule has 0 amide bonds. The molecule has 0 heterocycles. The van der Waals surface area contributed by atoms with Gasteiger partial charge in [-0.05, 0) is 6.92 Å². The molecule has 0 aliphatic rings. The summed E-state index contributed by atoms with van der Waals surface area (Å²) in [6.45, 7) is 0.926. The molecular weight excluding hydrogens is 155 g/mol. The van der Waals surface area contributed by atoms with Crippen LogP contribution in [0.3, 0.4) is 0 Å². The van der Waals surface area contributed by atoms with Crippen molar-refractivity contribution in [2.24, 2.45) is 11.5 Å². The molecule has 4 N–H and O–H groups in total. The maximum Gasteiger partial charge on any atom is 1.00 e. The molecule has 0 bridgehead atoms. The minimum absolute atomic E-state index is 0. The monoisotopic (exact) mass is 162 g/mol.